The molecule has 0 aliphatic carbocycles. The number of hydroxylamine groups is 2. The summed E-state index contributed by atoms with van der Waals surface area (Å²) in [6.07, 6.45) is 6.57. The molecule has 32 heavy (non-hydrogen) atoms. The highest BCUT2D eigenvalue weighted by Crippen LogP contribution is 2.27. The number of rotatable bonds is 7. The second-order valence-electron chi connectivity index (χ2n) is 8.43. The SMILES string of the molecule is C=CCON1C(=O)N2CC(n3ccc(CN(C(=O)OC(C)(C)C)c4nccs4)n3)=CC1C2. The zero-order valence-corrected chi connectivity index (χ0v) is 19.1. The Morgan fingerprint density at radius 3 is 2.94 bits per heavy atom. The summed E-state index contributed by atoms with van der Waals surface area (Å²) in [4.78, 5) is 38.2. The molecule has 0 aromatic carbocycles. The first kappa shape index (κ1) is 22.0. The van der Waals surface area contributed by atoms with Crippen molar-refractivity contribution < 1.29 is 19.2 Å². The summed E-state index contributed by atoms with van der Waals surface area (Å²) >= 11 is 1.35. The van der Waals surface area contributed by atoms with Crippen LogP contribution in [0, 0.1) is 0 Å². The van der Waals surface area contributed by atoms with Gasteiger partial charge in [0.1, 0.15) is 5.60 Å². The Kier molecular flexibility index (Phi) is 6.02. The highest BCUT2D eigenvalue weighted by Gasteiger charge is 2.41. The fraction of sp³-hybridized carbons (Fsp3) is 0.429. The number of amides is 3. The zero-order valence-electron chi connectivity index (χ0n) is 18.3. The quantitative estimate of drug-likeness (QED) is 0.591. The Bertz CT molecular complexity index is 1030. The van der Waals surface area contributed by atoms with Gasteiger partial charge in [0, 0.05) is 24.3 Å². The van der Waals surface area contributed by atoms with Crippen molar-refractivity contribution in [3.63, 3.8) is 0 Å². The number of ether oxygens (including phenoxy) is 1. The van der Waals surface area contributed by atoms with Gasteiger partial charge in [-0.2, -0.15) is 10.2 Å². The molecule has 2 aromatic heterocycles. The summed E-state index contributed by atoms with van der Waals surface area (Å²) in [5.74, 6) is 0. The molecule has 0 saturated carbocycles. The van der Waals surface area contributed by atoms with E-state index >= 15 is 0 Å². The summed E-state index contributed by atoms with van der Waals surface area (Å²) in [7, 11) is 0. The van der Waals surface area contributed by atoms with E-state index in [0.29, 0.717) is 23.9 Å². The van der Waals surface area contributed by atoms with Crippen LogP contribution in [0.4, 0.5) is 14.7 Å². The number of aromatic nitrogens is 3. The predicted octanol–water partition coefficient (Wildman–Crippen LogP) is 3.36. The third-order valence-electron chi connectivity index (χ3n) is 4.76. The van der Waals surface area contributed by atoms with Gasteiger partial charge in [-0.3, -0.25) is 4.84 Å². The van der Waals surface area contributed by atoms with Gasteiger partial charge in [-0.25, -0.2) is 24.2 Å². The Labute approximate surface area is 190 Å². The van der Waals surface area contributed by atoms with Crippen LogP contribution in [-0.2, 0) is 16.1 Å². The predicted molar refractivity (Wildman–Crippen MR) is 120 cm³/mol. The van der Waals surface area contributed by atoms with Crippen LogP contribution < -0.4 is 4.90 Å². The van der Waals surface area contributed by atoms with Gasteiger partial charge >= 0.3 is 12.1 Å². The highest BCUT2D eigenvalue weighted by molar-refractivity contribution is 7.13. The molecule has 2 bridgehead atoms. The number of hydrogen-bond acceptors (Lipinski definition) is 7. The van der Waals surface area contributed by atoms with Crippen LogP contribution >= 0.6 is 11.3 Å². The molecule has 1 unspecified atom stereocenters. The van der Waals surface area contributed by atoms with E-state index in [0.717, 1.165) is 5.70 Å². The summed E-state index contributed by atoms with van der Waals surface area (Å²) in [5, 5.41) is 8.36. The van der Waals surface area contributed by atoms with Crippen LogP contribution in [0.5, 0.6) is 0 Å². The van der Waals surface area contributed by atoms with Gasteiger partial charge in [-0.15, -0.1) is 17.9 Å². The van der Waals surface area contributed by atoms with E-state index in [-0.39, 0.29) is 25.2 Å². The summed E-state index contributed by atoms with van der Waals surface area (Å²) in [6, 6.07) is 1.48. The van der Waals surface area contributed by atoms with Gasteiger partial charge in [0.2, 0.25) is 0 Å². The van der Waals surface area contributed by atoms with E-state index in [4.69, 9.17) is 9.57 Å². The summed E-state index contributed by atoms with van der Waals surface area (Å²) in [6.45, 7) is 10.6. The molecule has 2 aromatic rings. The molecule has 0 spiro atoms. The van der Waals surface area contributed by atoms with Crippen molar-refractivity contribution in [3.05, 3.63) is 48.3 Å². The highest BCUT2D eigenvalue weighted by atomic mass is 32.1. The van der Waals surface area contributed by atoms with Crippen molar-refractivity contribution in [1.82, 2.24) is 24.7 Å². The second kappa shape index (κ2) is 8.75. The molecule has 1 fully saturated rings. The Morgan fingerprint density at radius 2 is 2.25 bits per heavy atom. The lowest BCUT2D eigenvalue weighted by atomic mass is 10.2. The molecule has 2 aliphatic rings. The number of anilines is 1. The lowest BCUT2D eigenvalue weighted by Gasteiger charge is -2.25. The largest absolute Gasteiger partial charge is 0.443 e. The van der Waals surface area contributed by atoms with Crippen molar-refractivity contribution in [3.8, 4) is 0 Å². The van der Waals surface area contributed by atoms with Gasteiger partial charge in [0.25, 0.3) is 0 Å². The molecular formula is C21H26N6O4S. The standard InChI is InChI=1S/C21H26N6O4S/c1-5-9-30-27-17-11-16(13-24(14-17)19(27)28)26-8-6-15(23-26)12-25(18-22-7-10-32-18)20(29)31-21(2,3)4/h5-8,10-11,17H,1,9,12-14H2,2-4H3. The van der Waals surface area contributed by atoms with Crippen LogP contribution in [0.1, 0.15) is 26.5 Å². The fourth-order valence-electron chi connectivity index (χ4n) is 3.46. The fourth-order valence-corrected chi connectivity index (χ4v) is 4.09. The van der Waals surface area contributed by atoms with Gasteiger partial charge in [0.05, 0.1) is 37.1 Å². The minimum Gasteiger partial charge on any atom is -0.443 e. The minimum atomic E-state index is -0.626. The van der Waals surface area contributed by atoms with E-state index in [9.17, 15) is 9.59 Å². The third-order valence-corrected chi connectivity index (χ3v) is 5.55. The minimum absolute atomic E-state index is 0.171. The van der Waals surface area contributed by atoms with Crippen molar-refractivity contribution in [2.75, 3.05) is 24.6 Å². The van der Waals surface area contributed by atoms with Crippen LogP contribution in [-0.4, -0.2) is 68.2 Å². The van der Waals surface area contributed by atoms with E-state index in [2.05, 4.69) is 16.7 Å². The van der Waals surface area contributed by atoms with Crippen molar-refractivity contribution in [1.29, 1.82) is 0 Å². The molecule has 1 atom stereocenters. The monoisotopic (exact) mass is 458 g/mol. The van der Waals surface area contributed by atoms with Crippen molar-refractivity contribution in [2.45, 2.75) is 39.0 Å². The Hall–Kier alpha value is -3.18. The molecule has 0 N–H and O–H groups in total. The summed E-state index contributed by atoms with van der Waals surface area (Å²) in [5.41, 5.74) is 0.910. The van der Waals surface area contributed by atoms with Crippen molar-refractivity contribution >= 4 is 34.3 Å². The number of carbonyl (C=O) groups is 2. The van der Waals surface area contributed by atoms with E-state index in [1.807, 2.05) is 39.1 Å². The molecule has 4 rings (SSSR count). The van der Waals surface area contributed by atoms with Gasteiger partial charge < -0.3 is 9.64 Å². The smallest absolute Gasteiger partial charge is 0.417 e. The molecule has 10 nitrogen and oxygen atoms in total. The molecule has 11 heteroatoms. The lowest BCUT2D eigenvalue weighted by molar-refractivity contribution is -0.107. The molecule has 2 aliphatic heterocycles. The Morgan fingerprint density at radius 1 is 1.44 bits per heavy atom. The molecule has 3 amide bonds. The van der Waals surface area contributed by atoms with Crippen LogP contribution in [0.15, 0.2) is 42.6 Å². The van der Waals surface area contributed by atoms with Gasteiger partial charge in [0.15, 0.2) is 5.13 Å². The van der Waals surface area contributed by atoms with E-state index < -0.39 is 11.7 Å². The van der Waals surface area contributed by atoms with Gasteiger partial charge in [-0.1, -0.05) is 6.08 Å². The number of urea groups is 1. The lowest BCUT2D eigenvalue weighted by Crippen LogP contribution is -2.36. The second-order valence-corrected chi connectivity index (χ2v) is 9.30. The van der Waals surface area contributed by atoms with Crippen molar-refractivity contribution in [2.24, 2.45) is 0 Å². The number of fused-ring (bicyclic) bond motifs is 2. The third kappa shape index (κ3) is 4.68. The first-order valence-electron chi connectivity index (χ1n) is 10.2. The van der Waals surface area contributed by atoms with Crippen LogP contribution in [0.2, 0.25) is 0 Å². The first-order chi connectivity index (χ1) is 15.2. The topological polar surface area (TPSA) is 93.0 Å². The van der Waals surface area contributed by atoms with Crippen LogP contribution in [0.3, 0.4) is 0 Å². The zero-order chi connectivity index (χ0) is 22.9. The normalized spacial score (nSPS) is 18.0. The summed E-state index contributed by atoms with van der Waals surface area (Å²) < 4.78 is 7.28. The van der Waals surface area contributed by atoms with E-state index in [1.165, 1.54) is 21.3 Å². The maximum Gasteiger partial charge on any atom is 0.417 e. The number of hydrogen-bond donors (Lipinski definition) is 0. The number of carbonyl (C=O) groups excluding carboxylic acids is 2. The average molecular weight is 459 g/mol. The van der Waals surface area contributed by atoms with Gasteiger partial charge in [-0.05, 0) is 32.9 Å². The maximum atomic E-state index is 12.8. The van der Waals surface area contributed by atoms with Crippen LogP contribution in [0.25, 0.3) is 5.70 Å². The molecular weight excluding hydrogens is 432 g/mol. The molecule has 0 radical (unpaired) electrons. The molecule has 4 heterocycles. The molecule has 1 saturated heterocycles. The Balaban J connectivity index is 1.51. The number of nitrogens with zero attached hydrogens (tertiary/aromatic N) is 6. The number of thiazole rings is 1. The molecule has 170 valence electrons. The van der Waals surface area contributed by atoms with E-state index in [1.54, 1.807) is 27.2 Å². The maximum absolute atomic E-state index is 12.8. The average Bonchev–Trinajstić information content (AvgIpc) is 3.46. The first-order valence-corrected chi connectivity index (χ1v) is 11.1.